The Hall–Kier alpha value is -2.07. The summed E-state index contributed by atoms with van der Waals surface area (Å²) in [4.78, 5) is 24.8. The second-order valence-electron chi connectivity index (χ2n) is 3.50. The minimum atomic E-state index is -0.596. The summed E-state index contributed by atoms with van der Waals surface area (Å²) in [5, 5.41) is 0.297. The summed E-state index contributed by atoms with van der Waals surface area (Å²) in [5.74, 6) is -0.596. The molecule has 0 saturated heterocycles. The van der Waals surface area contributed by atoms with Crippen LogP contribution in [0.4, 0.5) is 0 Å². The van der Waals surface area contributed by atoms with E-state index in [1.54, 1.807) is 24.3 Å². The SMILES string of the molecule is NC(=O)c1cc(-c2cc[nH]c(=O)c2)ccc1Cl. The first-order chi connectivity index (χ1) is 8.08. The van der Waals surface area contributed by atoms with Gasteiger partial charge in [0.05, 0.1) is 10.6 Å². The molecule has 0 fully saturated rings. The topological polar surface area (TPSA) is 76.0 Å². The first-order valence-electron chi connectivity index (χ1n) is 4.86. The number of carbonyl (C=O) groups excluding carboxylic acids is 1. The number of amides is 1. The molecule has 2 rings (SSSR count). The van der Waals surface area contributed by atoms with Gasteiger partial charge in [0.25, 0.3) is 0 Å². The standard InChI is InChI=1S/C12H9ClN2O2/c13-10-2-1-7(5-9(10)12(14)17)8-3-4-15-11(16)6-8/h1-6H,(H2,14,17)(H,15,16). The fraction of sp³-hybridized carbons (Fsp3) is 0. The number of hydrogen-bond donors (Lipinski definition) is 2. The third-order valence-corrected chi connectivity index (χ3v) is 2.67. The van der Waals surface area contributed by atoms with E-state index in [9.17, 15) is 9.59 Å². The van der Waals surface area contributed by atoms with Crippen LogP contribution in [0.1, 0.15) is 10.4 Å². The largest absolute Gasteiger partial charge is 0.366 e. The van der Waals surface area contributed by atoms with Crippen LogP contribution < -0.4 is 11.3 Å². The summed E-state index contributed by atoms with van der Waals surface area (Å²) in [5.41, 5.74) is 6.65. The van der Waals surface area contributed by atoms with Gasteiger partial charge in [-0.1, -0.05) is 17.7 Å². The Morgan fingerprint density at radius 1 is 1.18 bits per heavy atom. The van der Waals surface area contributed by atoms with Crippen molar-refractivity contribution >= 4 is 17.5 Å². The number of aromatic nitrogens is 1. The average molecular weight is 249 g/mol. The number of primary amides is 1. The summed E-state index contributed by atoms with van der Waals surface area (Å²) < 4.78 is 0. The molecule has 0 aliphatic heterocycles. The number of benzene rings is 1. The van der Waals surface area contributed by atoms with Crippen molar-refractivity contribution in [2.24, 2.45) is 5.73 Å². The summed E-state index contributed by atoms with van der Waals surface area (Å²) in [7, 11) is 0. The fourth-order valence-electron chi connectivity index (χ4n) is 1.52. The van der Waals surface area contributed by atoms with Gasteiger partial charge in [-0.2, -0.15) is 0 Å². The maximum absolute atomic E-state index is 11.2. The van der Waals surface area contributed by atoms with Gasteiger partial charge in [0.1, 0.15) is 0 Å². The van der Waals surface area contributed by atoms with Crippen LogP contribution in [0, 0.1) is 0 Å². The molecule has 4 nitrogen and oxygen atoms in total. The molecule has 86 valence electrons. The number of carbonyl (C=O) groups is 1. The average Bonchev–Trinajstić information content (AvgIpc) is 2.29. The van der Waals surface area contributed by atoms with Crippen LogP contribution >= 0.6 is 11.6 Å². The van der Waals surface area contributed by atoms with Gasteiger partial charge in [0, 0.05) is 12.3 Å². The van der Waals surface area contributed by atoms with Crippen LogP contribution in [-0.4, -0.2) is 10.9 Å². The summed E-state index contributed by atoms with van der Waals surface area (Å²) in [6.07, 6.45) is 1.54. The molecule has 0 atom stereocenters. The van der Waals surface area contributed by atoms with Crippen molar-refractivity contribution in [3.8, 4) is 11.1 Å². The molecule has 1 heterocycles. The molecule has 0 unspecified atom stereocenters. The van der Waals surface area contributed by atoms with Crippen LogP contribution in [0.15, 0.2) is 41.3 Å². The van der Waals surface area contributed by atoms with Crippen molar-refractivity contribution in [3.05, 3.63) is 57.5 Å². The lowest BCUT2D eigenvalue weighted by molar-refractivity contribution is 0.100. The number of rotatable bonds is 2. The quantitative estimate of drug-likeness (QED) is 0.850. The molecular weight excluding hydrogens is 240 g/mol. The highest BCUT2D eigenvalue weighted by Gasteiger charge is 2.08. The number of halogens is 1. The Kier molecular flexibility index (Phi) is 2.97. The number of pyridine rings is 1. The minimum absolute atomic E-state index is 0.210. The van der Waals surface area contributed by atoms with Gasteiger partial charge in [-0.3, -0.25) is 9.59 Å². The van der Waals surface area contributed by atoms with Crippen molar-refractivity contribution in [3.63, 3.8) is 0 Å². The van der Waals surface area contributed by atoms with E-state index < -0.39 is 5.91 Å². The van der Waals surface area contributed by atoms with Crippen LogP contribution in [0.5, 0.6) is 0 Å². The highest BCUT2D eigenvalue weighted by molar-refractivity contribution is 6.33. The fourth-order valence-corrected chi connectivity index (χ4v) is 1.73. The van der Waals surface area contributed by atoms with Crippen molar-refractivity contribution in [2.45, 2.75) is 0 Å². The molecule has 2 aromatic rings. The second-order valence-corrected chi connectivity index (χ2v) is 3.91. The Balaban J connectivity index is 2.57. The van der Waals surface area contributed by atoms with Crippen LogP contribution in [-0.2, 0) is 0 Å². The van der Waals surface area contributed by atoms with E-state index in [4.69, 9.17) is 17.3 Å². The molecule has 1 amide bonds. The first-order valence-corrected chi connectivity index (χ1v) is 5.24. The van der Waals surface area contributed by atoms with Gasteiger partial charge in [-0.15, -0.1) is 0 Å². The molecule has 0 spiro atoms. The van der Waals surface area contributed by atoms with E-state index in [-0.39, 0.29) is 11.1 Å². The normalized spacial score (nSPS) is 10.2. The Labute approximate surface area is 102 Å². The Bertz CT molecular complexity index is 634. The smallest absolute Gasteiger partial charge is 0.250 e. The number of hydrogen-bond acceptors (Lipinski definition) is 2. The third kappa shape index (κ3) is 2.37. The lowest BCUT2D eigenvalue weighted by Gasteiger charge is -2.04. The molecule has 1 aromatic heterocycles. The van der Waals surface area contributed by atoms with Crippen LogP contribution in [0.3, 0.4) is 0 Å². The van der Waals surface area contributed by atoms with Crippen molar-refractivity contribution in [1.82, 2.24) is 4.98 Å². The Morgan fingerprint density at radius 2 is 1.88 bits per heavy atom. The molecule has 0 saturated carbocycles. The molecular formula is C12H9ClN2O2. The molecule has 0 aliphatic rings. The zero-order valence-corrected chi connectivity index (χ0v) is 9.49. The maximum Gasteiger partial charge on any atom is 0.250 e. The first kappa shape index (κ1) is 11.4. The predicted octanol–water partition coefficient (Wildman–Crippen LogP) is 1.79. The summed E-state index contributed by atoms with van der Waals surface area (Å²) in [6.45, 7) is 0. The van der Waals surface area contributed by atoms with Gasteiger partial charge in [-0.25, -0.2) is 0 Å². The maximum atomic E-state index is 11.2. The van der Waals surface area contributed by atoms with Crippen LogP contribution in [0.25, 0.3) is 11.1 Å². The molecule has 5 heteroatoms. The molecule has 3 N–H and O–H groups in total. The van der Waals surface area contributed by atoms with E-state index in [1.807, 2.05) is 0 Å². The van der Waals surface area contributed by atoms with Crippen LogP contribution in [0.2, 0.25) is 5.02 Å². The van der Waals surface area contributed by atoms with Gasteiger partial charge >= 0.3 is 0 Å². The highest BCUT2D eigenvalue weighted by Crippen LogP contribution is 2.23. The monoisotopic (exact) mass is 248 g/mol. The second kappa shape index (κ2) is 4.43. The zero-order chi connectivity index (χ0) is 12.4. The van der Waals surface area contributed by atoms with Gasteiger partial charge < -0.3 is 10.7 Å². The minimum Gasteiger partial charge on any atom is -0.366 e. The van der Waals surface area contributed by atoms with Crippen molar-refractivity contribution in [2.75, 3.05) is 0 Å². The number of aromatic amines is 1. The molecule has 0 radical (unpaired) electrons. The third-order valence-electron chi connectivity index (χ3n) is 2.34. The van der Waals surface area contributed by atoms with Gasteiger partial charge in [-0.05, 0) is 29.3 Å². The molecule has 0 aliphatic carbocycles. The summed E-state index contributed by atoms with van der Waals surface area (Å²) in [6, 6.07) is 8.05. The molecule has 0 bridgehead atoms. The predicted molar refractivity (Wildman–Crippen MR) is 66.0 cm³/mol. The lowest BCUT2D eigenvalue weighted by atomic mass is 10.0. The van der Waals surface area contributed by atoms with Gasteiger partial charge in [0.15, 0.2) is 0 Å². The number of nitrogens with one attached hydrogen (secondary N) is 1. The molecule has 17 heavy (non-hydrogen) atoms. The van der Waals surface area contributed by atoms with E-state index >= 15 is 0 Å². The van der Waals surface area contributed by atoms with Gasteiger partial charge in [0.2, 0.25) is 11.5 Å². The van der Waals surface area contributed by atoms with E-state index in [2.05, 4.69) is 4.98 Å². The number of nitrogens with two attached hydrogens (primary N) is 1. The van der Waals surface area contributed by atoms with Crippen molar-refractivity contribution in [1.29, 1.82) is 0 Å². The number of H-pyrrole nitrogens is 1. The summed E-state index contributed by atoms with van der Waals surface area (Å²) >= 11 is 5.84. The molecule has 1 aromatic carbocycles. The zero-order valence-electron chi connectivity index (χ0n) is 8.74. The van der Waals surface area contributed by atoms with E-state index in [1.165, 1.54) is 12.3 Å². The van der Waals surface area contributed by atoms with E-state index in [0.717, 1.165) is 0 Å². The Morgan fingerprint density at radius 3 is 2.53 bits per heavy atom. The lowest BCUT2D eigenvalue weighted by Crippen LogP contribution is -2.11. The van der Waals surface area contributed by atoms with Crippen molar-refractivity contribution < 1.29 is 4.79 Å². The highest BCUT2D eigenvalue weighted by atomic mass is 35.5. The van der Waals surface area contributed by atoms with E-state index in [0.29, 0.717) is 16.1 Å².